The molecule has 0 aliphatic heterocycles. The van der Waals surface area contributed by atoms with Crippen molar-refractivity contribution in [2.24, 2.45) is 85.2 Å². The summed E-state index contributed by atoms with van der Waals surface area (Å²) < 4.78 is 0. The van der Waals surface area contributed by atoms with Crippen LogP contribution in [0.2, 0.25) is 0 Å². The molecule has 45 heteroatoms. The third-order valence-corrected chi connectivity index (χ3v) is 23.5. The number of aldehydes is 1. The minimum atomic E-state index is -1.83. The second kappa shape index (κ2) is 55.3. The Hall–Kier alpha value is -12.4. The van der Waals surface area contributed by atoms with E-state index in [-0.39, 0.29) is 108 Å². The van der Waals surface area contributed by atoms with E-state index in [0.717, 1.165) is 0 Å². The molecule has 1 aromatic heterocycles. The number of carbonyl (C=O) groups is 20. The fraction of sp³-hybridized carbons (Fsp3) is 0.674. The molecule has 1 fully saturated rings. The molecule has 1 aliphatic carbocycles. The van der Waals surface area contributed by atoms with Gasteiger partial charge in [-0.3, -0.25) is 91.3 Å². The maximum absolute atomic E-state index is 14.8. The first-order chi connectivity index (χ1) is 62.6. The zero-order valence-corrected chi connectivity index (χ0v) is 80.0. The Labute approximate surface area is 781 Å². The topological polar surface area (TPSA) is 747 Å². The Kier molecular flexibility index (Phi) is 47.7. The highest BCUT2D eigenvalue weighted by atomic mass is 16.4. The van der Waals surface area contributed by atoms with Gasteiger partial charge in [0.1, 0.15) is 84.8 Å². The van der Waals surface area contributed by atoms with Crippen molar-refractivity contribution in [1.29, 1.82) is 0 Å². The summed E-state index contributed by atoms with van der Waals surface area (Å²) in [4.78, 5) is 283. The van der Waals surface area contributed by atoms with Gasteiger partial charge in [-0.2, -0.15) is 0 Å². The number of hydrogen-bond acceptors (Lipinski definition) is 23. The number of benzene rings is 1. The number of carboxylic acids is 1. The number of unbranched alkanes of at least 4 members (excludes halogenated alkanes) is 1. The van der Waals surface area contributed by atoms with Gasteiger partial charge in [-0.1, -0.05) is 121 Å². The number of nitrogens with two attached hydrogens (primary N) is 6. The maximum Gasteiger partial charge on any atom is 0.326 e. The number of carbonyl (C=O) groups excluding carboxylic acids is 19. The minimum Gasteiger partial charge on any atom is -0.480 e. The fourth-order valence-electron chi connectivity index (χ4n) is 16.1. The van der Waals surface area contributed by atoms with Crippen LogP contribution in [0.1, 0.15) is 225 Å². The van der Waals surface area contributed by atoms with Crippen molar-refractivity contribution in [3.05, 3.63) is 36.0 Å². The van der Waals surface area contributed by atoms with Crippen LogP contribution < -0.4 is 114 Å². The second-order valence-electron chi connectivity index (χ2n) is 37.1. The molecule has 45 nitrogen and oxygen atoms in total. The van der Waals surface area contributed by atoms with E-state index in [0.29, 0.717) is 35.6 Å². The maximum atomic E-state index is 14.8. The van der Waals surface area contributed by atoms with E-state index < -0.39 is 270 Å². The van der Waals surface area contributed by atoms with E-state index in [9.17, 15) is 106 Å². The standard InChI is InChI=1S/C89H147N23O22/c1-17-48(9)68(81(129)104-55(26-21-22-34-90)74(122)102-58(29-32-64(92)116)75(123)105-60(36-45(3)4)78(126)103-57(28-31-63(91)115)73(121)100-50(11)71(119)101-56(27-23-35-97-86(94)95)77(125)111-69(83(131)132)49(10)18-2)109-66(118)40-99-72(120)62(38-52-39-98-54-25-20-19-24-53(52)54)107-80(128)67(47(7)8)110-82(130)70(51(12)114)112-79(127)61(37-46(5)6)106-76(124)59(30-33-65(93)117)108-85(134)89(15)42-87(13,44-113)41-88(14,43-89)84(133)96-16/h19-20,24-25,39,44-51,55-62,67-70,98,114H,17-18,21-23,26-38,40-43,90H2,1-16H3,(H2,91,115)(H2,92,116)(H2,93,117)(H,96,133)(H,99,120)(H,100,121)(H,101,119)(H,102,122)(H,103,126)(H,104,129)(H,105,123)(H,106,124)(H,107,128)(H,108,134)(H,109,118)(H,110,130)(H,111,125)(H,112,127)(H,131,132)(H4,94,95,97)/t48-,49-,50-,51+,55-,56-,57-,58-,59-,60-,61-,62-,67-,68-,69-,70-,87?,88?,89?/m0/s1. The molecule has 2 aromatic rings. The summed E-state index contributed by atoms with van der Waals surface area (Å²) in [6.07, 6.45) is -1.51. The third-order valence-electron chi connectivity index (χ3n) is 23.5. The molecule has 0 spiro atoms. The highest BCUT2D eigenvalue weighted by Crippen LogP contribution is 2.54. The Morgan fingerprint density at radius 1 is 0.463 bits per heavy atom. The number of guanidine groups is 1. The van der Waals surface area contributed by atoms with Gasteiger partial charge in [0.2, 0.25) is 106 Å². The van der Waals surface area contributed by atoms with E-state index in [4.69, 9.17) is 34.4 Å². The number of hydrogen-bond donors (Lipinski definition) is 24. The largest absolute Gasteiger partial charge is 0.480 e. The van der Waals surface area contributed by atoms with Crippen molar-refractivity contribution >= 4 is 135 Å². The Morgan fingerprint density at radius 3 is 1.34 bits per heavy atom. The normalized spacial score (nSPS) is 18.8. The molecule has 0 saturated heterocycles. The van der Waals surface area contributed by atoms with Crippen LogP contribution >= 0.6 is 0 Å². The van der Waals surface area contributed by atoms with Gasteiger partial charge in [0.15, 0.2) is 5.96 Å². The van der Waals surface area contributed by atoms with Crippen molar-refractivity contribution in [3.8, 4) is 0 Å². The molecule has 3 rings (SSSR count). The van der Waals surface area contributed by atoms with Crippen molar-refractivity contribution in [2.45, 2.75) is 310 Å². The molecule has 19 atom stereocenters. The van der Waals surface area contributed by atoms with Gasteiger partial charge in [-0.25, -0.2) is 4.79 Å². The van der Waals surface area contributed by atoms with Gasteiger partial charge in [-0.05, 0) is 145 Å². The highest BCUT2D eigenvalue weighted by Gasteiger charge is 2.56. The van der Waals surface area contributed by atoms with Crippen LogP contribution in [0.3, 0.4) is 0 Å². The summed E-state index contributed by atoms with van der Waals surface area (Å²) >= 11 is 0. The van der Waals surface area contributed by atoms with Gasteiger partial charge in [0.05, 0.1) is 12.6 Å². The van der Waals surface area contributed by atoms with Crippen LogP contribution in [0.15, 0.2) is 35.5 Å². The first kappa shape index (κ1) is 116. The summed E-state index contributed by atoms with van der Waals surface area (Å²) in [7, 11) is 1.42. The molecular weight excluding hydrogens is 1740 g/mol. The lowest BCUT2D eigenvalue weighted by Gasteiger charge is -2.49. The molecular formula is C89H147N23O22. The lowest BCUT2D eigenvalue weighted by molar-refractivity contribution is -0.151. The lowest BCUT2D eigenvalue weighted by Crippen LogP contribution is -2.62. The van der Waals surface area contributed by atoms with Crippen LogP contribution in [0.5, 0.6) is 0 Å². The van der Waals surface area contributed by atoms with Crippen LogP contribution in [-0.4, -0.2) is 251 Å². The van der Waals surface area contributed by atoms with Crippen molar-refractivity contribution < 1.29 is 106 Å². The van der Waals surface area contributed by atoms with Crippen molar-refractivity contribution in [2.75, 3.05) is 26.7 Å². The Balaban J connectivity index is 1.94. The molecule has 1 aromatic carbocycles. The lowest BCUT2D eigenvalue weighted by atomic mass is 9.54. The van der Waals surface area contributed by atoms with Crippen LogP contribution in [0.25, 0.3) is 10.9 Å². The molecule has 0 bridgehead atoms. The van der Waals surface area contributed by atoms with E-state index >= 15 is 0 Å². The van der Waals surface area contributed by atoms with E-state index in [1.165, 1.54) is 20.9 Å². The zero-order chi connectivity index (χ0) is 102. The predicted molar refractivity (Wildman–Crippen MR) is 494 cm³/mol. The highest BCUT2D eigenvalue weighted by molar-refractivity contribution is 6.01. The number of aliphatic hydroxyl groups is 1. The Morgan fingerprint density at radius 2 is 0.873 bits per heavy atom. The molecule has 134 heavy (non-hydrogen) atoms. The number of aromatic nitrogens is 1. The molecule has 750 valence electrons. The molecule has 1 heterocycles. The van der Waals surface area contributed by atoms with Gasteiger partial charge in [-0.15, -0.1) is 0 Å². The van der Waals surface area contributed by atoms with Crippen molar-refractivity contribution in [1.82, 2.24) is 84.7 Å². The number of aliphatic imine (C=N–C) groups is 1. The number of carboxylic acid groups (broad SMARTS) is 1. The van der Waals surface area contributed by atoms with Crippen LogP contribution in [0, 0.1) is 45.8 Å². The predicted octanol–water partition coefficient (Wildman–Crippen LogP) is -3.42. The molecule has 3 unspecified atom stereocenters. The number of rotatable bonds is 60. The van der Waals surface area contributed by atoms with Crippen LogP contribution in [-0.2, 0) is 102 Å². The second-order valence-corrected chi connectivity index (χ2v) is 37.1. The first-order valence-electron chi connectivity index (χ1n) is 45.6. The third kappa shape index (κ3) is 37.9. The molecule has 30 N–H and O–H groups in total. The van der Waals surface area contributed by atoms with E-state index in [1.54, 1.807) is 120 Å². The van der Waals surface area contributed by atoms with Crippen LogP contribution in [0.4, 0.5) is 0 Å². The number of aromatic amines is 1. The first-order valence-corrected chi connectivity index (χ1v) is 45.6. The number of nitrogens with zero attached hydrogens (tertiary/aromatic N) is 1. The summed E-state index contributed by atoms with van der Waals surface area (Å²) in [5.74, 6) is -20.8. The number of H-pyrrole nitrogens is 1. The SMILES string of the molecule is CC[C@H](C)[C@H](NC(=O)[C@H](CCCN=C(N)N)NC(=O)[C@H](C)NC(=O)[C@H](CCC(N)=O)NC(=O)[C@H](CC(C)C)NC(=O)[C@H](CCC(N)=O)NC(=O)[C@H](CCCCN)NC(=O)[C@@H](NC(=O)CNC(=O)[C@H](Cc1c[nH]c2ccccc12)NC(=O)[C@@H](NC(=O)[C@@H](NC(=O)[C@H](CC(C)C)NC(=O)[C@H](CCC(N)=O)NC(=O)C1(C)CC(C)(C=O)CC(C)(C(=O)NC)C1)[C@@H](C)O)C(C)C)[C@@H](C)CC)C(=O)O. The van der Waals surface area contributed by atoms with Gasteiger partial charge in [0, 0.05) is 72.6 Å². The molecule has 18 amide bonds. The number of nitrogens with one attached hydrogen (secondary N) is 16. The van der Waals surface area contributed by atoms with Crippen molar-refractivity contribution in [3.63, 3.8) is 0 Å². The van der Waals surface area contributed by atoms with E-state index in [2.05, 4.69) is 89.7 Å². The Bertz CT molecular complexity index is 4460. The monoisotopic (exact) mass is 1890 g/mol. The minimum absolute atomic E-state index is 0.0180. The summed E-state index contributed by atoms with van der Waals surface area (Å²) in [5.41, 5.74) is 30.7. The van der Waals surface area contributed by atoms with Gasteiger partial charge >= 0.3 is 5.97 Å². The number of aliphatic hydroxyl groups excluding tert-OH is 1. The smallest absolute Gasteiger partial charge is 0.326 e. The number of para-hydroxylation sites is 1. The summed E-state index contributed by atoms with van der Waals surface area (Å²) in [5, 5.41) is 60.2. The number of fused-ring (bicyclic) bond motifs is 1. The van der Waals surface area contributed by atoms with E-state index in [1.807, 2.05) is 0 Å². The fourth-order valence-corrected chi connectivity index (χ4v) is 16.1. The number of primary amides is 3. The molecule has 1 saturated carbocycles. The quantitative estimate of drug-likeness (QED) is 0.0133. The zero-order valence-electron chi connectivity index (χ0n) is 80.0. The summed E-state index contributed by atoms with van der Waals surface area (Å²) in [6, 6.07) is -12.9. The summed E-state index contributed by atoms with van der Waals surface area (Å²) in [6.45, 7) is 23.1. The van der Waals surface area contributed by atoms with Gasteiger partial charge in [0.25, 0.3) is 0 Å². The molecule has 0 radical (unpaired) electrons. The van der Waals surface area contributed by atoms with Gasteiger partial charge < -0.3 is 134 Å². The number of amides is 18. The average Bonchev–Trinajstić information content (AvgIpc) is 0.803. The molecule has 1 aliphatic rings. The number of aliphatic carboxylic acids is 1. The average molecular weight is 1890 g/mol.